The van der Waals surface area contributed by atoms with Gasteiger partial charge in [0.15, 0.2) is 0 Å². The number of nitrogens with one attached hydrogen (secondary N) is 1. The molecule has 2 aromatic heterocycles. The van der Waals surface area contributed by atoms with E-state index >= 15 is 0 Å². The van der Waals surface area contributed by atoms with Crippen molar-refractivity contribution >= 4 is 27.4 Å². The summed E-state index contributed by atoms with van der Waals surface area (Å²) in [5, 5.41) is 11.5. The summed E-state index contributed by atoms with van der Waals surface area (Å²) in [5.74, 6) is -0.177. The van der Waals surface area contributed by atoms with E-state index in [-0.39, 0.29) is 24.1 Å². The van der Waals surface area contributed by atoms with E-state index in [1.165, 1.54) is 15.5 Å². The average molecular weight is 416 g/mol. The van der Waals surface area contributed by atoms with Crippen molar-refractivity contribution in [3.63, 3.8) is 0 Å². The summed E-state index contributed by atoms with van der Waals surface area (Å²) in [6, 6.07) is 9.63. The summed E-state index contributed by atoms with van der Waals surface area (Å²) in [6.07, 6.45) is 5.76. The fourth-order valence-electron chi connectivity index (χ4n) is 3.29. The highest BCUT2D eigenvalue weighted by molar-refractivity contribution is 9.10. The van der Waals surface area contributed by atoms with Crippen molar-refractivity contribution in [2.75, 3.05) is 0 Å². The van der Waals surface area contributed by atoms with Gasteiger partial charge >= 0.3 is 0 Å². The Kier molecular flexibility index (Phi) is 4.58. The van der Waals surface area contributed by atoms with Gasteiger partial charge in [-0.3, -0.25) is 9.59 Å². The zero-order valence-electron chi connectivity index (χ0n) is 14.1. The lowest BCUT2D eigenvalue weighted by molar-refractivity contribution is -0.122. The number of carbonyl (C=O) groups is 1. The molecule has 1 saturated carbocycles. The Balaban J connectivity index is 1.59. The van der Waals surface area contributed by atoms with Crippen molar-refractivity contribution in [3.05, 3.63) is 51.5 Å². The van der Waals surface area contributed by atoms with Crippen molar-refractivity contribution in [2.45, 2.75) is 38.3 Å². The molecule has 26 heavy (non-hydrogen) atoms. The second-order valence-corrected chi connectivity index (χ2v) is 7.42. The molecule has 1 aliphatic rings. The lowest BCUT2D eigenvalue weighted by Gasteiger charge is -2.12. The zero-order valence-corrected chi connectivity index (χ0v) is 15.6. The van der Waals surface area contributed by atoms with Gasteiger partial charge in [0, 0.05) is 16.1 Å². The fraction of sp³-hybridized carbons (Fsp3) is 0.333. The molecule has 7 nitrogen and oxygen atoms in total. The number of hydrogen-bond donors (Lipinski definition) is 1. The first kappa shape index (κ1) is 17.0. The number of nitrogens with zero attached hydrogens (tertiary/aromatic N) is 4. The molecule has 0 aliphatic heterocycles. The van der Waals surface area contributed by atoms with Crippen LogP contribution < -0.4 is 10.9 Å². The highest BCUT2D eigenvalue weighted by atomic mass is 79.9. The van der Waals surface area contributed by atoms with E-state index < -0.39 is 0 Å². The zero-order chi connectivity index (χ0) is 18.1. The van der Waals surface area contributed by atoms with Gasteiger partial charge in [0.25, 0.3) is 5.56 Å². The van der Waals surface area contributed by atoms with Gasteiger partial charge < -0.3 is 5.32 Å². The van der Waals surface area contributed by atoms with Gasteiger partial charge in [0.1, 0.15) is 18.4 Å². The largest absolute Gasteiger partial charge is 0.352 e. The molecule has 4 rings (SSSR count). The van der Waals surface area contributed by atoms with Crippen molar-refractivity contribution in [3.8, 4) is 11.3 Å². The molecule has 0 unspecified atom stereocenters. The Hall–Kier alpha value is -2.48. The molecule has 0 spiro atoms. The van der Waals surface area contributed by atoms with E-state index in [0.29, 0.717) is 11.2 Å². The molecule has 0 atom stereocenters. The van der Waals surface area contributed by atoms with Crippen LogP contribution in [0.3, 0.4) is 0 Å². The van der Waals surface area contributed by atoms with E-state index in [1.807, 2.05) is 24.3 Å². The maximum absolute atomic E-state index is 12.7. The topological polar surface area (TPSA) is 81.3 Å². The lowest BCUT2D eigenvalue weighted by atomic mass is 10.1. The van der Waals surface area contributed by atoms with Crippen LogP contribution in [0.4, 0.5) is 0 Å². The minimum absolute atomic E-state index is 0.0787. The lowest BCUT2D eigenvalue weighted by Crippen LogP contribution is -2.38. The van der Waals surface area contributed by atoms with Gasteiger partial charge in [-0.05, 0) is 31.0 Å². The minimum Gasteiger partial charge on any atom is -0.352 e. The molecule has 3 aromatic rings. The summed E-state index contributed by atoms with van der Waals surface area (Å²) in [7, 11) is 0. The number of aromatic nitrogens is 4. The van der Waals surface area contributed by atoms with Crippen molar-refractivity contribution in [1.82, 2.24) is 24.7 Å². The van der Waals surface area contributed by atoms with Crippen molar-refractivity contribution < 1.29 is 4.79 Å². The predicted octanol–water partition coefficient (Wildman–Crippen LogP) is 2.38. The third-order valence-electron chi connectivity index (χ3n) is 4.64. The minimum atomic E-state index is -0.329. The average Bonchev–Trinajstić information content (AvgIpc) is 3.28. The van der Waals surface area contributed by atoms with Gasteiger partial charge in [0.2, 0.25) is 5.91 Å². The summed E-state index contributed by atoms with van der Waals surface area (Å²) < 4.78 is 3.61. The number of benzene rings is 1. The Labute approximate surface area is 158 Å². The Morgan fingerprint density at radius 1 is 1.23 bits per heavy atom. The molecule has 1 aliphatic carbocycles. The van der Waals surface area contributed by atoms with Crippen LogP contribution in [0.25, 0.3) is 16.8 Å². The molecule has 0 radical (unpaired) electrons. The molecule has 8 heteroatoms. The molecule has 0 bridgehead atoms. The molecule has 1 N–H and O–H groups in total. The maximum atomic E-state index is 12.7. The van der Waals surface area contributed by atoms with Crippen LogP contribution in [0.2, 0.25) is 0 Å². The normalized spacial score (nSPS) is 14.8. The molecule has 1 fully saturated rings. The number of halogens is 1. The first-order chi connectivity index (χ1) is 12.6. The second kappa shape index (κ2) is 7.03. The van der Waals surface area contributed by atoms with Gasteiger partial charge in [-0.25, -0.2) is 9.20 Å². The highest BCUT2D eigenvalue weighted by Gasteiger charge is 2.18. The number of hydrogen-bond acceptors (Lipinski definition) is 4. The van der Waals surface area contributed by atoms with E-state index in [1.54, 1.807) is 6.07 Å². The van der Waals surface area contributed by atoms with Crippen LogP contribution in [-0.2, 0) is 11.3 Å². The summed E-state index contributed by atoms with van der Waals surface area (Å²) in [5.41, 5.74) is 1.66. The Morgan fingerprint density at radius 3 is 2.69 bits per heavy atom. The number of carbonyl (C=O) groups excluding carboxylic acids is 1. The van der Waals surface area contributed by atoms with E-state index in [9.17, 15) is 9.59 Å². The van der Waals surface area contributed by atoms with Gasteiger partial charge in [0.05, 0.1) is 5.69 Å². The van der Waals surface area contributed by atoms with Gasteiger partial charge in [-0.1, -0.05) is 40.9 Å². The SMILES string of the molecule is O=C(Cn1ncn2nc(-c3ccc(Br)cc3)cc2c1=O)NC1CCCC1. The van der Waals surface area contributed by atoms with E-state index in [2.05, 4.69) is 31.4 Å². The van der Waals surface area contributed by atoms with Crippen molar-refractivity contribution in [1.29, 1.82) is 0 Å². The Morgan fingerprint density at radius 2 is 1.96 bits per heavy atom. The molecule has 1 amide bonds. The van der Waals surface area contributed by atoms with Crippen LogP contribution >= 0.6 is 15.9 Å². The third kappa shape index (κ3) is 3.41. The predicted molar refractivity (Wildman–Crippen MR) is 101 cm³/mol. The van der Waals surface area contributed by atoms with E-state index in [4.69, 9.17) is 0 Å². The summed E-state index contributed by atoms with van der Waals surface area (Å²) in [6.45, 7) is -0.0787. The highest BCUT2D eigenvalue weighted by Crippen LogP contribution is 2.21. The molecular formula is C18H18BrN5O2. The fourth-order valence-corrected chi connectivity index (χ4v) is 3.56. The van der Waals surface area contributed by atoms with E-state index in [0.717, 1.165) is 35.7 Å². The summed E-state index contributed by atoms with van der Waals surface area (Å²) >= 11 is 3.40. The van der Waals surface area contributed by atoms with Gasteiger partial charge in [-0.15, -0.1) is 0 Å². The van der Waals surface area contributed by atoms with Crippen LogP contribution in [0.1, 0.15) is 25.7 Å². The number of rotatable bonds is 4. The molecule has 134 valence electrons. The van der Waals surface area contributed by atoms with Crippen LogP contribution in [-0.4, -0.2) is 31.3 Å². The first-order valence-electron chi connectivity index (χ1n) is 8.61. The summed E-state index contributed by atoms with van der Waals surface area (Å²) in [4.78, 5) is 24.8. The monoisotopic (exact) mass is 415 g/mol. The molecular weight excluding hydrogens is 398 g/mol. The standard InChI is InChI=1S/C18H18BrN5O2/c19-13-7-5-12(6-8-13)15-9-16-18(26)23(20-11-24(16)22-15)10-17(25)21-14-3-1-2-4-14/h5-9,11,14H,1-4,10H2,(H,21,25). The van der Waals surface area contributed by atoms with Crippen LogP contribution in [0.15, 0.2) is 45.9 Å². The Bertz CT molecular complexity index is 1000. The van der Waals surface area contributed by atoms with Gasteiger partial charge in [-0.2, -0.15) is 10.2 Å². The first-order valence-corrected chi connectivity index (χ1v) is 9.40. The molecule has 0 saturated heterocycles. The van der Waals surface area contributed by atoms with Crippen LogP contribution in [0.5, 0.6) is 0 Å². The molecule has 1 aromatic carbocycles. The number of amides is 1. The van der Waals surface area contributed by atoms with Crippen molar-refractivity contribution in [2.24, 2.45) is 0 Å². The second-order valence-electron chi connectivity index (χ2n) is 6.51. The smallest absolute Gasteiger partial charge is 0.293 e. The maximum Gasteiger partial charge on any atom is 0.293 e. The number of fused-ring (bicyclic) bond motifs is 1. The quantitative estimate of drug-likeness (QED) is 0.708. The third-order valence-corrected chi connectivity index (χ3v) is 5.17. The molecule has 2 heterocycles. The van der Waals surface area contributed by atoms with Crippen LogP contribution in [0, 0.1) is 0 Å².